The van der Waals surface area contributed by atoms with Crippen molar-refractivity contribution in [2.24, 2.45) is 0 Å². The van der Waals surface area contributed by atoms with Crippen LogP contribution in [0.2, 0.25) is 0 Å². The van der Waals surface area contributed by atoms with E-state index < -0.39 is 0 Å². The van der Waals surface area contributed by atoms with Crippen molar-refractivity contribution >= 4 is 0 Å². The maximum atomic E-state index is 4.40. The van der Waals surface area contributed by atoms with Crippen LogP contribution in [0.1, 0.15) is 38.9 Å². The molecule has 2 heterocycles. The Balaban J connectivity index is 1.61. The molecule has 1 N–H and O–H groups in total. The van der Waals surface area contributed by atoms with Crippen LogP contribution in [0, 0.1) is 0 Å². The van der Waals surface area contributed by atoms with Crippen LogP contribution in [0.3, 0.4) is 0 Å². The van der Waals surface area contributed by atoms with Gasteiger partial charge in [0.1, 0.15) is 5.82 Å². The van der Waals surface area contributed by atoms with Gasteiger partial charge in [0.2, 0.25) is 0 Å². The molecule has 1 atom stereocenters. The van der Waals surface area contributed by atoms with Gasteiger partial charge >= 0.3 is 0 Å². The molecule has 0 bridgehead atoms. The molecule has 0 amide bonds. The predicted molar refractivity (Wildman–Crippen MR) is 74.5 cm³/mol. The van der Waals surface area contributed by atoms with Crippen molar-refractivity contribution in [1.29, 1.82) is 0 Å². The van der Waals surface area contributed by atoms with E-state index >= 15 is 0 Å². The molecule has 102 valence electrons. The lowest BCUT2D eigenvalue weighted by atomic mass is 10.1. The Morgan fingerprint density at radius 1 is 1.39 bits per heavy atom. The van der Waals surface area contributed by atoms with E-state index in [0.717, 1.165) is 19.6 Å². The molecule has 18 heavy (non-hydrogen) atoms. The normalized spacial score (nSPS) is 17.7. The predicted octanol–water partition coefficient (Wildman–Crippen LogP) is 1.87. The third kappa shape index (κ3) is 3.82. The lowest BCUT2D eigenvalue weighted by Crippen LogP contribution is -2.34. The van der Waals surface area contributed by atoms with Crippen LogP contribution in [-0.4, -0.2) is 40.1 Å². The Bertz CT molecular complexity index is 347. The average Bonchev–Trinajstić information content (AvgIpc) is 2.82. The molecule has 2 rings (SSSR count). The number of aromatic nitrogens is 2. The fourth-order valence-corrected chi connectivity index (χ4v) is 2.65. The molecule has 0 saturated heterocycles. The van der Waals surface area contributed by atoms with Gasteiger partial charge in [-0.1, -0.05) is 13.3 Å². The molecule has 1 unspecified atom stereocenters. The van der Waals surface area contributed by atoms with Gasteiger partial charge < -0.3 is 9.88 Å². The molecule has 4 heteroatoms. The SMILES string of the molecule is CCNC(C)CCCCN1CCn2ccnc2C1. The van der Waals surface area contributed by atoms with Gasteiger partial charge in [0.05, 0.1) is 6.54 Å². The van der Waals surface area contributed by atoms with E-state index in [2.05, 4.69) is 39.8 Å². The van der Waals surface area contributed by atoms with Gasteiger partial charge in [-0.2, -0.15) is 0 Å². The lowest BCUT2D eigenvalue weighted by molar-refractivity contribution is 0.212. The zero-order valence-corrected chi connectivity index (χ0v) is 11.7. The molecule has 0 saturated carbocycles. The van der Waals surface area contributed by atoms with E-state index in [1.807, 2.05) is 6.20 Å². The van der Waals surface area contributed by atoms with Crippen molar-refractivity contribution in [2.75, 3.05) is 19.6 Å². The molecular weight excluding hydrogens is 224 g/mol. The molecule has 1 aliphatic heterocycles. The molecule has 1 aliphatic rings. The van der Waals surface area contributed by atoms with E-state index in [-0.39, 0.29) is 0 Å². The Morgan fingerprint density at radius 3 is 3.11 bits per heavy atom. The standard InChI is InChI=1S/C14H26N4/c1-3-15-13(2)6-4-5-8-17-10-11-18-9-7-16-14(18)12-17/h7,9,13,15H,3-6,8,10-12H2,1-2H3. The maximum absolute atomic E-state index is 4.40. The van der Waals surface area contributed by atoms with Gasteiger partial charge in [-0.3, -0.25) is 4.90 Å². The van der Waals surface area contributed by atoms with Crippen molar-refractivity contribution in [3.8, 4) is 0 Å². The highest BCUT2D eigenvalue weighted by atomic mass is 15.2. The largest absolute Gasteiger partial charge is 0.333 e. The second kappa shape index (κ2) is 6.90. The van der Waals surface area contributed by atoms with Crippen LogP contribution >= 0.6 is 0 Å². The van der Waals surface area contributed by atoms with E-state index in [1.54, 1.807) is 0 Å². The second-order valence-corrected chi connectivity index (χ2v) is 5.27. The maximum Gasteiger partial charge on any atom is 0.122 e. The summed E-state index contributed by atoms with van der Waals surface area (Å²) in [7, 11) is 0. The zero-order valence-electron chi connectivity index (χ0n) is 11.7. The highest BCUT2D eigenvalue weighted by molar-refractivity contribution is 4.95. The van der Waals surface area contributed by atoms with Gasteiger partial charge in [-0.05, 0) is 32.9 Å². The van der Waals surface area contributed by atoms with Crippen LogP contribution < -0.4 is 5.32 Å². The number of rotatable bonds is 7. The van der Waals surface area contributed by atoms with E-state index in [0.29, 0.717) is 6.04 Å². The number of imidazole rings is 1. The zero-order chi connectivity index (χ0) is 12.8. The first-order valence-electron chi connectivity index (χ1n) is 7.25. The molecule has 1 aromatic heterocycles. The summed E-state index contributed by atoms with van der Waals surface area (Å²) in [6.07, 6.45) is 7.91. The highest BCUT2D eigenvalue weighted by Crippen LogP contribution is 2.11. The molecule has 0 spiro atoms. The second-order valence-electron chi connectivity index (χ2n) is 5.27. The van der Waals surface area contributed by atoms with Crippen molar-refractivity contribution in [3.05, 3.63) is 18.2 Å². The summed E-state index contributed by atoms with van der Waals surface area (Å²) in [4.78, 5) is 6.93. The fourth-order valence-electron chi connectivity index (χ4n) is 2.65. The number of nitrogens with zero attached hydrogens (tertiary/aromatic N) is 3. The molecule has 0 aromatic carbocycles. The van der Waals surface area contributed by atoms with Gasteiger partial charge in [0, 0.05) is 31.5 Å². The highest BCUT2D eigenvalue weighted by Gasteiger charge is 2.15. The number of nitrogens with one attached hydrogen (secondary N) is 1. The summed E-state index contributed by atoms with van der Waals surface area (Å²) in [6.45, 7) is 10.0. The number of hydrogen-bond acceptors (Lipinski definition) is 3. The fraction of sp³-hybridized carbons (Fsp3) is 0.786. The minimum Gasteiger partial charge on any atom is -0.333 e. The summed E-state index contributed by atoms with van der Waals surface area (Å²) in [5.41, 5.74) is 0. The Hall–Kier alpha value is -0.870. The molecule has 4 nitrogen and oxygen atoms in total. The molecule has 0 radical (unpaired) electrons. The number of unbranched alkanes of at least 4 members (excludes halogenated alkanes) is 1. The summed E-state index contributed by atoms with van der Waals surface area (Å²) in [5, 5.41) is 3.47. The van der Waals surface area contributed by atoms with E-state index in [1.165, 1.54) is 38.2 Å². The minimum atomic E-state index is 0.662. The molecule has 0 fully saturated rings. The van der Waals surface area contributed by atoms with Crippen LogP contribution in [0.4, 0.5) is 0 Å². The first kappa shape index (κ1) is 13.6. The van der Waals surface area contributed by atoms with Crippen LogP contribution in [-0.2, 0) is 13.1 Å². The van der Waals surface area contributed by atoms with Crippen molar-refractivity contribution in [1.82, 2.24) is 19.8 Å². The van der Waals surface area contributed by atoms with Crippen molar-refractivity contribution in [2.45, 2.75) is 52.2 Å². The number of hydrogen-bond donors (Lipinski definition) is 1. The monoisotopic (exact) mass is 250 g/mol. The van der Waals surface area contributed by atoms with Gasteiger partial charge in [-0.15, -0.1) is 0 Å². The summed E-state index contributed by atoms with van der Waals surface area (Å²) in [6, 6.07) is 0.662. The quantitative estimate of drug-likeness (QED) is 0.750. The van der Waals surface area contributed by atoms with E-state index in [4.69, 9.17) is 0 Å². The van der Waals surface area contributed by atoms with Crippen LogP contribution in [0.25, 0.3) is 0 Å². The molecular formula is C14H26N4. The Labute approximate surface area is 110 Å². The van der Waals surface area contributed by atoms with Gasteiger partial charge in [0.15, 0.2) is 0 Å². The van der Waals surface area contributed by atoms with Crippen molar-refractivity contribution < 1.29 is 0 Å². The number of fused-ring (bicyclic) bond motifs is 1. The van der Waals surface area contributed by atoms with Crippen LogP contribution in [0.5, 0.6) is 0 Å². The summed E-state index contributed by atoms with van der Waals surface area (Å²) >= 11 is 0. The Kier molecular flexibility index (Phi) is 5.20. The smallest absolute Gasteiger partial charge is 0.122 e. The van der Waals surface area contributed by atoms with Crippen molar-refractivity contribution in [3.63, 3.8) is 0 Å². The minimum absolute atomic E-state index is 0.662. The van der Waals surface area contributed by atoms with E-state index in [9.17, 15) is 0 Å². The van der Waals surface area contributed by atoms with Gasteiger partial charge in [0.25, 0.3) is 0 Å². The third-order valence-electron chi connectivity index (χ3n) is 3.74. The lowest BCUT2D eigenvalue weighted by Gasteiger charge is -2.27. The first-order valence-corrected chi connectivity index (χ1v) is 7.25. The average molecular weight is 250 g/mol. The summed E-state index contributed by atoms with van der Waals surface area (Å²) in [5.74, 6) is 1.22. The molecule has 1 aromatic rings. The molecule has 0 aliphatic carbocycles. The third-order valence-corrected chi connectivity index (χ3v) is 3.74. The topological polar surface area (TPSA) is 33.1 Å². The van der Waals surface area contributed by atoms with Gasteiger partial charge in [-0.25, -0.2) is 4.98 Å². The Morgan fingerprint density at radius 2 is 2.28 bits per heavy atom. The first-order chi connectivity index (χ1) is 8.79. The van der Waals surface area contributed by atoms with Crippen LogP contribution in [0.15, 0.2) is 12.4 Å². The summed E-state index contributed by atoms with van der Waals surface area (Å²) < 4.78 is 2.27.